The third kappa shape index (κ3) is 10.6. The molecule has 3 amide bonds. The highest BCUT2D eigenvalue weighted by Gasteiger charge is 2.32. The van der Waals surface area contributed by atoms with Crippen molar-refractivity contribution in [3.8, 4) is 0 Å². The second-order valence-electron chi connectivity index (χ2n) is 9.02. The Hall–Kier alpha value is -2.69. The van der Waals surface area contributed by atoms with Crippen LogP contribution in [0.2, 0.25) is 0 Å². The van der Waals surface area contributed by atoms with Gasteiger partial charge in [0, 0.05) is 6.42 Å². The fourth-order valence-electron chi connectivity index (χ4n) is 2.85. The van der Waals surface area contributed by atoms with Crippen LogP contribution in [0.4, 0.5) is 0 Å². The van der Waals surface area contributed by atoms with Crippen LogP contribution in [0.1, 0.15) is 60.8 Å². The van der Waals surface area contributed by atoms with Crippen molar-refractivity contribution in [2.45, 2.75) is 85.0 Å². The lowest BCUT2D eigenvalue weighted by atomic mass is 9.99. The molecule has 0 fully saturated rings. The van der Waals surface area contributed by atoms with E-state index in [4.69, 9.17) is 10.8 Å². The van der Waals surface area contributed by atoms with E-state index in [2.05, 4.69) is 16.0 Å². The monoisotopic (exact) mass is 458 g/mol. The number of carboxylic acids is 2. The first kappa shape index (κ1) is 29.3. The van der Waals surface area contributed by atoms with Gasteiger partial charge in [0.15, 0.2) is 0 Å². The maximum atomic E-state index is 12.9. The van der Waals surface area contributed by atoms with Crippen molar-refractivity contribution in [3.05, 3.63) is 0 Å². The maximum absolute atomic E-state index is 12.9. The molecule has 0 aliphatic rings. The van der Waals surface area contributed by atoms with Crippen LogP contribution < -0.4 is 21.7 Å². The summed E-state index contributed by atoms with van der Waals surface area (Å²) in [6, 6.07) is -4.31. The molecule has 0 spiro atoms. The summed E-state index contributed by atoms with van der Waals surface area (Å²) in [6.45, 7) is 10.4. The van der Waals surface area contributed by atoms with Crippen molar-refractivity contribution in [1.82, 2.24) is 16.0 Å². The molecule has 0 aromatic rings. The van der Waals surface area contributed by atoms with Crippen molar-refractivity contribution < 1.29 is 34.2 Å². The van der Waals surface area contributed by atoms with Crippen LogP contribution in [0.5, 0.6) is 0 Å². The molecule has 0 saturated carbocycles. The molecule has 0 aliphatic heterocycles. The Labute approximate surface area is 188 Å². The third-order valence-electron chi connectivity index (χ3n) is 4.87. The number of amides is 3. The molecule has 4 unspecified atom stereocenters. The van der Waals surface area contributed by atoms with Crippen LogP contribution in [0, 0.1) is 17.8 Å². The van der Waals surface area contributed by atoms with E-state index in [0.717, 1.165) is 0 Å². The van der Waals surface area contributed by atoms with E-state index >= 15 is 0 Å². The Morgan fingerprint density at radius 2 is 1.25 bits per heavy atom. The van der Waals surface area contributed by atoms with E-state index in [-0.39, 0.29) is 37.0 Å². The zero-order valence-electron chi connectivity index (χ0n) is 19.7. The summed E-state index contributed by atoms with van der Waals surface area (Å²) in [5.74, 6) is -4.98. The van der Waals surface area contributed by atoms with Crippen molar-refractivity contribution in [2.75, 3.05) is 0 Å². The zero-order valence-corrected chi connectivity index (χ0v) is 19.7. The summed E-state index contributed by atoms with van der Waals surface area (Å²) >= 11 is 0. The van der Waals surface area contributed by atoms with Gasteiger partial charge in [-0.05, 0) is 30.6 Å². The fourth-order valence-corrected chi connectivity index (χ4v) is 2.85. The Morgan fingerprint density at radius 3 is 1.66 bits per heavy atom. The van der Waals surface area contributed by atoms with Gasteiger partial charge in [0.25, 0.3) is 0 Å². The normalized spacial score (nSPS) is 15.1. The van der Waals surface area contributed by atoms with Crippen LogP contribution in [0.25, 0.3) is 0 Å². The Morgan fingerprint density at radius 1 is 0.750 bits per heavy atom. The van der Waals surface area contributed by atoms with E-state index in [1.54, 1.807) is 27.7 Å². The van der Waals surface area contributed by atoms with Crippen molar-refractivity contribution >= 4 is 29.7 Å². The summed E-state index contributed by atoms with van der Waals surface area (Å²) in [7, 11) is 0. The number of hydrogen-bond donors (Lipinski definition) is 6. The molecule has 184 valence electrons. The average Bonchev–Trinajstić information content (AvgIpc) is 2.66. The summed E-state index contributed by atoms with van der Waals surface area (Å²) < 4.78 is 0. The lowest BCUT2D eigenvalue weighted by Crippen LogP contribution is -2.58. The molecule has 0 heterocycles. The Kier molecular flexibility index (Phi) is 12.5. The third-order valence-corrected chi connectivity index (χ3v) is 4.87. The highest BCUT2D eigenvalue weighted by Crippen LogP contribution is 2.10. The van der Waals surface area contributed by atoms with Gasteiger partial charge in [-0.3, -0.25) is 19.2 Å². The van der Waals surface area contributed by atoms with Crippen LogP contribution in [0.3, 0.4) is 0 Å². The molecule has 11 nitrogen and oxygen atoms in total. The Bertz CT molecular complexity index is 679. The van der Waals surface area contributed by atoms with Gasteiger partial charge in [0.2, 0.25) is 17.7 Å². The molecule has 7 N–H and O–H groups in total. The van der Waals surface area contributed by atoms with Crippen LogP contribution in [-0.4, -0.2) is 64.0 Å². The van der Waals surface area contributed by atoms with E-state index < -0.39 is 53.8 Å². The van der Waals surface area contributed by atoms with Crippen LogP contribution >= 0.6 is 0 Å². The molecule has 4 atom stereocenters. The second kappa shape index (κ2) is 13.7. The summed E-state index contributed by atoms with van der Waals surface area (Å²) in [4.78, 5) is 60.4. The highest BCUT2D eigenvalue weighted by molar-refractivity contribution is 5.94. The standard InChI is InChI=1S/C21H38N4O7/c1-10(2)9-14(19(29)25-17(12(5)6)21(31)32)24-18(28)13(7-8-15(26)27)23-20(30)16(22)11(3)4/h10-14,16-17H,7-9,22H2,1-6H3,(H,23,30)(H,24,28)(H,25,29)(H,26,27)(H,31,32). The first-order valence-corrected chi connectivity index (χ1v) is 10.8. The van der Waals surface area contributed by atoms with Gasteiger partial charge in [0.05, 0.1) is 6.04 Å². The molecule has 32 heavy (non-hydrogen) atoms. The molecule has 0 aliphatic carbocycles. The van der Waals surface area contributed by atoms with Gasteiger partial charge in [-0.15, -0.1) is 0 Å². The lowest BCUT2D eigenvalue weighted by molar-refractivity contribution is -0.143. The molecule has 0 aromatic carbocycles. The minimum atomic E-state index is -1.22. The number of carbonyl (C=O) groups excluding carboxylic acids is 3. The zero-order chi connectivity index (χ0) is 25.2. The van der Waals surface area contributed by atoms with E-state index in [1.165, 1.54) is 0 Å². The number of carbonyl (C=O) groups is 5. The van der Waals surface area contributed by atoms with Crippen LogP contribution in [0.15, 0.2) is 0 Å². The number of rotatable bonds is 14. The molecule has 11 heteroatoms. The number of nitrogens with two attached hydrogens (primary N) is 1. The van der Waals surface area contributed by atoms with E-state index in [9.17, 15) is 29.1 Å². The number of hydrogen-bond acceptors (Lipinski definition) is 6. The predicted octanol–water partition coefficient (Wildman–Crippen LogP) is 0.0756. The molecular formula is C21H38N4O7. The van der Waals surface area contributed by atoms with Crippen molar-refractivity contribution in [2.24, 2.45) is 23.5 Å². The first-order valence-electron chi connectivity index (χ1n) is 10.8. The Balaban J connectivity index is 5.57. The number of carboxylic acid groups (broad SMARTS) is 2. The van der Waals surface area contributed by atoms with Crippen LogP contribution in [-0.2, 0) is 24.0 Å². The molecule has 0 radical (unpaired) electrons. The van der Waals surface area contributed by atoms with Crippen molar-refractivity contribution in [1.29, 1.82) is 0 Å². The van der Waals surface area contributed by atoms with Gasteiger partial charge >= 0.3 is 11.9 Å². The predicted molar refractivity (Wildman–Crippen MR) is 117 cm³/mol. The molecular weight excluding hydrogens is 420 g/mol. The summed E-state index contributed by atoms with van der Waals surface area (Å²) in [5, 5.41) is 25.7. The maximum Gasteiger partial charge on any atom is 0.326 e. The van der Waals surface area contributed by atoms with Crippen molar-refractivity contribution in [3.63, 3.8) is 0 Å². The molecule has 0 bridgehead atoms. The van der Waals surface area contributed by atoms with Gasteiger partial charge in [0.1, 0.15) is 18.1 Å². The van der Waals surface area contributed by atoms with E-state index in [1.807, 2.05) is 13.8 Å². The number of aliphatic carboxylic acids is 2. The summed E-state index contributed by atoms with van der Waals surface area (Å²) in [5.41, 5.74) is 5.81. The quantitative estimate of drug-likeness (QED) is 0.211. The summed E-state index contributed by atoms with van der Waals surface area (Å²) in [6.07, 6.45) is -0.366. The minimum absolute atomic E-state index is 0.0187. The molecule has 0 aromatic heterocycles. The second-order valence-corrected chi connectivity index (χ2v) is 9.02. The lowest BCUT2D eigenvalue weighted by Gasteiger charge is -2.27. The van der Waals surface area contributed by atoms with Gasteiger partial charge < -0.3 is 31.9 Å². The fraction of sp³-hybridized carbons (Fsp3) is 0.762. The largest absolute Gasteiger partial charge is 0.481 e. The topological polar surface area (TPSA) is 188 Å². The van der Waals surface area contributed by atoms with E-state index in [0.29, 0.717) is 0 Å². The molecule has 0 saturated heterocycles. The van der Waals surface area contributed by atoms with Gasteiger partial charge in [-0.2, -0.15) is 0 Å². The van der Waals surface area contributed by atoms with Gasteiger partial charge in [-0.1, -0.05) is 41.5 Å². The SMILES string of the molecule is CC(C)CC(NC(=O)C(CCC(=O)O)NC(=O)C(N)C(C)C)C(=O)NC(C(=O)O)C(C)C. The number of nitrogens with one attached hydrogen (secondary N) is 3. The average molecular weight is 459 g/mol. The van der Waals surface area contributed by atoms with Gasteiger partial charge in [-0.25, -0.2) is 4.79 Å². The first-order chi connectivity index (χ1) is 14.7. The highest BCUT2D eigenvalue weighted by atomic mass is 16.4. The smallest absolute Gasteiger partial charge is 0.326 e. The molecule has 0 rings (SSSR count). The minimum Gasteiger partial charge on any atom is -0.481 e.